The van der Waals surface area contributed by atoms with E-state index in [9.17, 15) is 20.4 Å². The molecule has 1 aromatic heterocycles. The number of fused-ring (bicyclic) bond motifs is 4. The Morgan fingerprint density at radius 2 is 1.65 bits per heavy atom. The second kappa shape index (κ2) is 19.1. The zero-order chi connectivity index (χ0) is 41.5. The maximum atomic E-state index is 11.5. The summed E-state index contributed by atoms with van der Waals surface area (Å²) < 4.78 is 21.3. The van der Waals surface area contributed by atoms with Crippen molar-refractivity contribution in [3.05, 3.63) is 142 Å². The molecule has 7 N–H and O–H groups in total. The van der Waals surface area contributed by atoms with Crippen LogP contribution in [0.5, 0.6) is 17.2 Å². The fraction of sp³-hybridized carbons (Fsp3) is 0.400. The number of benzene rings is 4. The van der Waals surface area contributed by atoms with Gasteiger partial charge in [-0.15, -0.1) is 0 Å². The first-order valence-corrected chi connectivity index (χ1v) is 21.7. The van der Waals surface area contributed by atoms with Gasteiger partial charge >= 0.3 is 0 Å². The van der Waals surface area contributed by atoms with Crippen LogP contribution in [0.15, 0.2) is 109 Å². The summed E-state index contributed by atoms with van der Waals surface area (Å²) >= 11 is 0. The molecule has 60 heavy (non-hydrogen) atoms. The van der Waals surface area contributed by atoms with Crippen molar-refractivity contribution < 1.29 is 34.6 Å². The number of unbranched alkanes of at least 4 members (excludes halogenated alkanes) is 3. The van der Waals surface area contributed by atoms with Crippen molar-refractivity contribution in [2.45, 2.75) is 108 Å². The number of phenolic OH excluding ortho intramolecular Hbond substituents is 2. The van der Waals surface area contributed by atoms with Gasteiger partial charge in [0.05, 0.1) is 31.6 Å². The van der Waals surface area contributed by atoms with E-state index in [1.165, 1.54) is 16.7 Å². The van der Waals surface area contributed by atoms with Crippen LogP contribution in [0.3, 0.4) is 0 Å². The number of rotatable bonds is 10. The van der Waals surface area contributed by atoms with Crippen molar-refractivity contribution in [3.8, 4) is 17.2 Å². The number of nitrogens with zero attached hydrogens (tertiary/aromatic N) is 1. The van der Waals surface area contributed by atoms with Gasteiger partial charge in [-0.25, -0.2) is 0 Å². The minimum Gasteiger partial charge on any atom is -0.508 e. The van der Waals surface area contributed by atoms with Gasteiger partial charge in [0.1, 0.15) is 18.2 Å². The molecule has 1 fully saturated rings. The summed E-state index contributed by atoms with van der Waals surface area (Å²) in [6.07, 6.45) is 16.1. The maximum absolute atomic E-state index is 11.5. The summed E-state index contributed by atoms with van der Waals surface area (Å²) in [5.41, 5.74) is 13.3. The number of nitrogens with one attached hydrogen (secondary N) is 1. The number of dihydropyridines is 1. The molecule has 8 rings (SSSR count). The van der Waals surface area contributed by atoms with E-state index in [2.05, 4.69) is 64.7 Å². The number of ether oxygens (including phenoxy) is 3. The molecule has 4 heterocycles. The Kier molecular flexibility index (Phi) is 13.2. The van der Waals surface area contributed by atoms with Crippen molar-refractivity contribution in [2.24, 2.45) is 5.73 Å². The van der Waals surface area contributed by atoms with Crippen LogP contribution in [0.2, 0.25) is 0 Å². The number of aromatic nitrogens is 1. The van der Waals surface area contributed by atoms with Gasteiger partial charge in [0, 0.05) is 47.4 Å². The van der Waals surface area contributed by atoms with E-state index in [0.717, 1.165) is 84.7 Å². The van der Waals surface area contributed by atoms with Crippen LogP contribution in [-0.4, -0.2) is 63.2 Å². The first-order chi connectivity index (χ1) is 29.3. The standard InChI is InChI=1S/C50H59N3O7/c51-48-19-15-36-32-59-44(11-7-2-1-4-8-34-12-16-42(55)17-13-34)28-43(56)18-14-35-27-47(46(57)26-38(35)31-54)60-33-39-25-41(24-37-29-53(30-45(37)39)49(36)52-48)50(20-22-58-23-21-50)40-9-5-3-6-10-40/h3,5-6,9-10,12-13,15-17,19,24-27,29-30,43-44,48,52,54-57H,1-2,4,7-8,11,14,18,20-23,28,31-33,51H2/t43-,44+,48?/m1/s1. The molecule has 10 nitrogen and oxygen atoms in total. The lowest BCUT2D eigenvalue weighted by Crippen LogP contribution is -2.38. The molecule has 0 amide bonds. The zero-order valence-corrected chi connectivity index (χ0v) is 34.4. The first-order valence-electron chi connectivity index (χ1n) is 21.7. The lowest BCUT2D eigenvalue weighted by atomic mass is 9.68. The Labute approximate surface area is 352 Å². The van der Waals surface area contributed by atoms with Crippen molar-refractivity contribution in [1.82, 2.24) is 9.88 Å². The summed E-state index contributed by atoms with van der Waals surface area (Å²) in [7, 11) is 0. The third kappa shape index (κ3) is 9.59. The highest BCUT2D eigenvalue weighted by Crippen LogP contribution is 2.44. The van der Waals surface area contributed by atoms with Gasteiger partial charge in [0.2, 0.25) is 0 Å². The van der Waals surface area contributed by atoms with Crippen LogP contribution in [0.4, 0.5) is 0 Å². The average Bonchev–Trinajstić information content (AvgIpc) is 3.71. The minimum atomic E-state index is -0.639. The predicted molar refractivity (Wildman–Crippen MR) is 235 cm³/mol. The van der Waals surface area contributed by atoms with Crippen molar-refractivity contribution in [1.29, 1.82) is 0 Å². The number of aliphatic hydroxyl groups is 2. The van der Waals surface area contributed by atoms with E-state index < -0.39 is 6.10 Å². The smallest absolute Gasteiger partial charge is 0.161 e. The van der Waals surface area contributed by atoms with Gasteiger partial charge < -0.3 is 50.3 Å². The van der Waals surface area contributed by atoms with Crippen LogP contribution < -0.4 is 15.8 Å². The summed E-state index contributed by atoms with van der Waals surface area (Å²) in [6, 6.07) is 26.1. The normalized spacial score (nSPS) is 20.9. The lowest BCUT2D eigenvalue weighted by Gasteiger charge is -2.39. The zero-order valence-electron chi connectivity index (χ0n) is 34.4. The Balaban J connectivity index is 1.13. The van der Waals surface area contributed by atoms with Crippen LogP contribution >= 0.6 is 0 Å². The first kappa shape index (κ1) is 41.6. The third-order valence-electron chi connectivity index (χ3n) is 12.7. The summed E-state index contributed by atoms with van der Waals surface area (Å²) in [5, 5.41) is 48.1. The molecule has 3 aliphatic heterocycles. The Morgan fingerprint density at radius 3 is 2.45 bits per heavy atom. The van der Waals surface area contributed by atoms with Gasteiger partial charge in [-0.3, -0.25) is 0 Å². The fourth-order valence-corrected chi connectivity index (χ4v) is 9.27. The van der Waals surface area contributed by atoms with E-state index in [0.29, 0.717) is 50.4 Å². The highest BCUT2D eigenvalue weighted by molar-refractivity contribution is 5.88. The number of phenols is 2. The number of aromatic hydroxyl groups is 2. The number of hydrogen-bond acceptors (Lipinski definition) is 9. The van der Waals surface area contributed by atoms with Gasteiger partial charge in [-0.05, 0) is 121 Å². The number of nitrogens with two attached hydrogens (primary N) is 1. The highest BCUT2D eigenvalue weighted by Gasteiger charge is 2.37. The number of aliphatic hydroxyl groups excluding tert-OH is 2. The van der Waals surface area contributed by atoms with E-state index in [1.807, 2.05) is 30.4 Å². The predicted octanol–water partition coefficient (Wildman–Crippen LogP) is 8.11. The van der Waals surface area contributed by atoms with Gasteiger partial charge in [0.15, 0.2) is 11.5 Å². The van der Waals surface area contributed by atoms with Gasteiger partial charge in [0.25, 0.3) is 0 Å². The largest absolute Gasteiger partial charge is 0.508 e. The molecule has 316 valence electrons. The quantitative estimate of drug-likeness (QED) is 0.0769. The molecule has 1 saturated heterocycles. The Bertz CT molecular complexity index is 2280. The van der Waals surface area contributed by atoms with E-state index >= 15 is 0 Å². The molecule has 0 spiro atoms. The lowest BCUT2D eigenvalue weighted by molar-refractivity contribution is 0.0171. The minimum absolute atomic E-state index is 0.0357. The second-order valence-electron chi connectivity index (χ2n) is 16.8. The van der Waals surface area contributed by atoms with E-state index in [4.69, 9.17) is 19.9 Å². The number of hydrogen-bond donors (Lipinski definition) is 6. The van der Waals surface area contributed by atoms with Crippen LogP contribution in [0, 0.1) is 0 Å². The third-order valence-corrected chi connectivity index (χ3v) is 12.7. The van der Waals surface area contributed by atoms with Crippen LogP contribution in [-0.2, 0) is 40.9 Å². The monoisotopic (exact) mass is 813 g/mol. The highest BCUT2D eigenvalue weighted by atomic mass is 16.5. The molecular weight excluding hydrogens is 755 g/mol. The van der Waals surface area contributed by atoms with Crippen LogP contribution in [0.25, 0.3) is 16.6 Å². The van der Waals surface area contributed by atoms with Crippen molar-refractivity contribution >= 4 is 16.6 Å². The van der Waals surface area contributed by atoms with Gasteiger partial charge in [-0.1, -0.05) is 73.9 Å². The topological polar surface area (TPSA) is 152 Å². The molecule has 3 atom stereocenters. The van der Waals surface area contributed by atoms with E-state index in [-0.39, 0.29) is 42.4 Å². The van der Waals surface area contributed by atoms with E-state index in [1.54, 1.807) is 18.2 Å². The molecule has 0 radical (unpaired) electrons. The SMILES string of the molecule is NC1C=CC2=C(N1)n1cc3cc(C4(c5ccccc5)CCOCC4)cc(c3c1)COc1cc(c(CO)cc1O)CC[C@@H](O)C[C@H](CCCCCCc1ccc(O)cc1)OC2. The summed E-state index contributed by atoms with van der Waals surface area (Å²) in [5.74, 6) is 1.43. The molecule has 3 aliphatic rings. The second-order valence-corrected chi connectivity index (χ2v) is 16.8. The van der Waals surface area contributed by atoms with Crippen LogP contribution in [0.1, 0.15) is 91.2 Å². The summed E-state index contributed by atoms with van der Waals surface area (Å²) in [4.78, 5) is 0. The molecule has 0 saturated carbocycles. The molecule has 10 heteroatoms. The Hall–Kier alpha value is -5.10. The molecule has 1 unspecified atom stereocenters. The summed E-state index contributed by atoms with van der Waals surface area (Å²) in [6.45, 7) is 1.63. The molecule has 0 aliphatic carbocycles. The maximum Gasteiger partial charge on any atom is 0.161 e. The van der Waals surface area contributed by atoms with Gasteiger partial charge in [-0.2, -0.15) is 0 Å². The fourth-order valence-electron chi connectivity index (χ4n) is 9.27. The Morgan fingerprint density at radius 1 is 0.850 bits per heavy atom. The van der Waals surface area contributed by atoms with Crippen molar-refractivity contribution in [3.63, 3.8) is 0 Å². The molecule has 4 aromatic carbocycles. The van der Waals surface area contributed by atoms with Crippen molar-refractivity contribution in [2.75, 3.05) is 19.8 Å². The number of aryl methyl sites for hydroxylation is 2. The average molecular weight is 814 g/mol. The molecular formula is C50H59N3O7. The molecule has 5 aromatic rings. The molecule has 4 bridgehead atoms.